The average Bonchev–Trinajstić information content (AvgIpc) is 3.27. The van der Waals surface area contributed by atoms with Gasteiger partial charge in [-0.25, -0.2) is 0 Å². The molecule has 0 radical (unpaired) electrons. The second kappa shape index (κ2) is 9.31. The molecule has 1 spiro atoms. The highest BCUT2D eigenvalue weighted by molar-refractivity contribution is 9.09. The van der Waals surface area contributed by atoms with E-state index in [0.29, 0.717) is 19.4 Å². The number of aliphatic hydroxyl groups is 1. The predicted molar refractivity (Wildman–Crippen MR) is 108 cm³/mol. The molecular weight excluding hydrogens is 444 g/mol. The molecule has 3 aliphatic heterocycles. The van der Waals surface area contributed by atoms with E-state index in [1.54, 1.807) is 6.92 Å². The van der Waals surface area contributed by atoms with Crippen molar-refractivity contribution in [2.24, 2.45) is 11.8 Å². The Balaban J connectivity index is 1.90. The normalized spacial score (nSPS) is 35.1. The summed E-state index contributed by atoms with van der Waals surface area (Å²) in [5.41, 5.74) is -1.04. The number of rotatable bonds is 10. The van der Waals surface area contributed by atoms with E-state index < -0.39 is 35.6 Å². The van der Waals surface area contributed by atoms with Crippen molar-refractivity contribution in [3.63, 3.8) is 0 Å². The van der Waals surface area contributed by atoms with Gasteiger partial charge in [0.25, 0.3) is 0 Å². The van der Waals surface area contributed by atoms with Gasteiger partial charge in [0.05, 0.1) is 24.5 Å². The monoisotopic (exact) mass is 474 g/mol. The molecule has 0 aromatic heterocycles. The Morgan fingerprint density at radius 2 is 2.10 bits per heavy atom. The van der Waals surface area contributed by atoms with Crippen molar-refractivity contribution in [1.82, 2.24) is 10.2 Å². The number of amides is 2. The number of hydrogen-bond donors (Lipinski definition) is 2. The number of aliphatic hydroxyl groups excluding tert-OH is 1. The zero-order valence-electron chi connectivity index (χ0n) is 17.1. The van der Waals surface area contributed by atoms with Gasteiger partial charge in [0, 0.05) is 24.5 Å². The third-order valence-corrected chi connectivity index (χ3v) is 7.08. The number of ether oxygens (including phenoxy) is 2. The standard InChI is InChI=1S/C20H31BrN2O6/c1-3-5-6-8-22-17(25)16-20-11-12(21)15(29-20)13(19(27)28-4-2)14(20)18(26)23(16)9-7-10-24/h12-16,24H,3-11H2,1-2H3,(H,22,25)/t12?,13-,14+,15-,16-,20+/m0/s1. The minimum Gasteiger partial charge on any atom is -0.466 e. The van der Waals surface area contributed by atoms with Crippen LogP contribution in [0.3, 0.4) is 0 Å². The number of hydrogen-bond acceptors (Lipinski definition) is 6. The van der Waals surface area contributed by atoms with E-state index in [2.05, 4.69) is 28.2 Å². The summed E-state index contributed by atoms with van der Waals surface area (Å²) in [6.45, 7) is 4.74. The quantitative estimate of drug-likeness (QED) is 0.277. The highest BCUT2D eigenvalue weighted by Crippen LogP contribution is 2.60. The molecule has 6 atom stereocenters. The van der Waals surface area contributed by atoms with Gasteiger partial charge in [-0.15, -0.1) is 0 Å². The highest BCUT2D eigenvalue weighted by Gasteiger charge is 2.76. The largest absolute Gasteiger partial charge is 0.466 e. The first-order valence-electron chi connectivity index (χ1n) is 10.6. The van der Waals surface area contributed by atoms with Gasteiger partial charge in [-0.2, -0.15) is 0 Å². The lowest BCUT2D eigenvalue weighted by Crippen LogP contribution is -2.56. The Kier molecular flexibility index (Phi) is 7.22. The Bertz CT molecular complexity index is 646. The lowest BCUT2D eigenvalue weighted by atomic mass is 9.70. The van der Waals surface area contributed by atoms with Gasteiger partial charge in [0.2, 0.25) is 11.8 Å². The van der Waals surface area contributed by atoms with Crippen LogP contribution in [0.1, 0.15) is 46.0 Å². The topological polar surface area (TPSA) is 105 Å². The molecule has 29 heavy (non-hydrogen) atoms. The second-order valence-electron chi connectivity index (χ2n) is 8.02. The first-order chi connectivity index (χ1) is 13.9. The average molecular weight is 475 g/mol. The Morgan fingerprint density at radius 1 is 1.34 bits per heavy atom. The molecule has 2 bridgehead atoms. The van der Waals surface area contributed by atoms with Crippen LogP contribution in [-0.4, -0.2) is 76.7 Å². The maximum absolute atomic E-state index is 13.4. The van der Waals surface area contributed by atoms with Crippen LogP contribution in [0.2, 0.25) is 0 Å². The number of nitrogens with one attached hydrogen (secondary N) is 1. The van der Waals surface area contributed by atoms with Crippen LogP contribution in [0, 0.1) is 11.8 Å². The van der Waals surface area contributed by atoms with Crippen molar-refractivity contribution in [1.29, 1.82) is 0 Å². The van der Waals surface area contributed by atoms with Crippen molar-refractivity contribution >= 4 is 33.7 Å². The molecule has 2 amide bonds. The maximum atomic E-state index is 13.4. The van der Waals surface area contributed by atoms with Gasteiger partial charge in [-0.3, -0.25) is 14.4 Å². The van der Waals surface area contributed by atoms with Crippen LogP contribution >= 0.6 is 15.9 Å². The summed E-state index contributed by atoms with van der Waals surface area (Å²) in [6.07, 6.45) is 3.28. The fraction of sp³-hybridized carbons (Fsp3) is 0.850. The van der Waals surface area contributed by atoms with Gasteiger partial charge in [0.1, 0.15) is 11.6 Å². The van der Waals surface area contributed by atoms with Crippen molar-refractivity contribution in [3.05, 3.63) is 0 Å². The van der Waals surface area contributed by atoms with E-state index in [0.717, 1.165) is 19.3 Å². The molecule has 8 nitrogen and oxygen atoms in total. The zero-order chi connectivity index (χ0) is 21.2. The predicted octanol–water partition coefficient (Wildman–Crippen LogP) is 0.986. The van der Waals surface area contributed by atoms with Crippen molar-refractivity contribution < 1.29 is 29.0 Å². The van der Waals surface area contributed by atoms with Crippen molar-refractivity contribution in [2.75, 3.05) is 26.3 Å². The fourth-order valence-electron chi connectivity index (χ4n) is 5.10. The number of alkyl halides is 1. The Morgan fingerprint density at radius 3 is 2.76 bits per heavy atom. The van der Waals surface area contributed by atoms with Crippen molar-refractivity contribution in [3.8, 4) is 0 Å². The summed E-state index contributed by atoms with van der Waals surface area (Å²) in [5.74, 6) is -2.42. The molecule has 0 aromatic rings. The lowest BCUT2D eigenvalue weighted by molar-refractivity contribution is -0.154. The number of halogens is 1. The molecule has 3 aliphatic rings. The van der Waals surface area contributed by atoms with Crippen LogP contribution < -0.4 is 5.32 Å². The maximum Gasteiger partial charge on any atom is 0.312 e. The summed E-state index contributed by atoms with van der Waals surface area (Å²) in [5, 5.41) is 12.2. The molecule has 164 valence electrons. The molecule has 0 aliphatic carbocycles. The summed E-state index contributed by atoms with van der Waals surface area (Å²) < 4.78 is 11.5. The smallest absolute Gasteiger partial charge is 0.312 e. The first-order valence-corrected chi connectivity index (χ1v) is 11.5. The number of unbranched alkanes of at least 4 members (excludes halogenated alkanes) is 2. The number of fused-ring (bicyclic) bond motifs is 1. The van der Waals surface area contributed by atoms with Crippen LogP contribution in [0.25, 0.3) is 0 Å². The molecule has 9 heteroatoms. The minimum atomic E-state index is -1.04. The van der Waals surface area contributed by atoms with Gasteiger partial charge in [-0.1, -0.05) is 35.7 Å². The molecule has 3 fully saturated rings. The summed E-state index contributed by atoms with van der Waals surface area (Å²) in [4.78, 5) is 40.6. The minimum absolute atomic E-state index is 0.0852. The molecule has 0 saturated carbocycles. The summed E-state index contributed by atoms with van der Waals surface area (Å²) in [6, 6.07) is -0.808. The van der Waals surface area contributed by atoms with E-state index in [9.17, 15) is 19.5 Å². The molecule has 0 aromatic carbocycles. The van der Waals surface area contributed by atoms with E-state index in [4.69, 9.17) is 9.47 Å². The molecule has 3 saturated heterocycles. The lowest BCUT2D eigenvalue weighted by Gasteiger charge is -2.34. The van der Waals surface area contributed by atoms with Crippen molar-refractivity contribution in [2.45, 2.75) is 68.5 Å². The number of carbonyl (C=O) groups excluding carboxylic acids is 3. The summed E-state index contributed by atoms with van der Waals surface area (Å²) in [7, 11) is 0. The van der Waals surface area contributed by atoms with Crippen LogP contribution in [0.5, 0.6) is 0 Å². The fourth-order valence-corrected chi connectivity index (χ4v) is 6.05. The SMILES string of the molecule is CCCCCNC(=O)[C@@H]1N(CCCO)C(=O)[C@H]2[C@H](C(=O)OCC)[C@H]3O[C@@]12CC3Br. The summed E-state index contributed by atoms with van der Waals surface area (Å²) >= 11 is 3.59. The second-order valence-corrected chi connectivity index (χ2v) is 9.20. The van der Waals surface area contributed by atoms with Gasteiger partial charge < -0.3 is 24.8 Å². The van der Waals surface area contributed by atoms with Gasteiger partial charge in [0.15, 0.2) is 0 Å². The third kappa shape index (κ3) is 3.81. The van der Waals surface area contributed by atoms with Gasteiger partial charge in [-0.05, 0) is 26.2 Å². The third-order valence-electron chi connectivity index (χ3n) is 6.23. The number of likely N-dealkylation sites (tertiary alicyclic amines) is 1. The van der Waals surface area contributed by atoms with Gasteiger partial charge >= 0.3 is 5.97 Å². The number of carbonyl (C=O) groups is 3. The number of esters is 1. The molecule has 3 heterocycles. The highest BCUT2D eigenvalue weighted by atomic mass is 79.9. The van der Waals surface area contributed by atoms with E-state index in [1.165, 1.54) is 4.90 Å². The Hall–Kier alpha value is -1.19. The first kappa shape index (κ1) is 22.5. The number of nitrogens with zero attached hydrogens (tertiary/aromatic N) is 1. The molecule has 2 N–H and O–H groups in total. The van der Waals surface area contributed by atoms with Crippen LogP contribution in [-0.2, 0) is 23.9 Å². The van der Waals surface area contributed by atoms with E-state index >= 15 is 0 Å². The zero-order valence-corrected chi connectivity index (χ0v) is 18.7. The van der Waals surface area contributed by atoms with E-state index in [1.807, 2.05) is 0 Å². The van der Waals surface area contributed by atoms with E-state index in [-0.39, 0.29) is 36.4 Å². The van der Waals surface area contributed by atoms with Crippen LogP contribution in [0.4, 0.5) is 0 Å². The Labute approximate surface area is 179 Å². The molecule has 3 rings (SSSR count). The molecule has 1 unspecified atom stereocenters. The van der Waals surface area contributed by atoms with Crippen LogP contribution in [0.15, 0.2) is 0 Å². The molecular formula is C20H31BrN2O6.